The Bertz CT molecular complexity index is 1160. The summed E-state index contributed by atoms with van der Waals surface area (Å²) in [5.74, 6) is -2.08. The normalized spacial score (nSPS) is 12.2. The molecule has 1 heterocycles. The Morgan fingerprint density at radius 3 is 2.77 bits per heavy atom. The van der Waals surface area contributed by atoms with Gasteiger partial charge in [0.15, 0.2) is 5.16 Å². The third-order valence-electron chi connectivity index (χ3n) is 4.11. The van der Waals surface area contributed by atoms with Gasteiger partial charge in [0.1, 0.15) is 11.6 Å². The second kappa shape index (κ2) is 9.55. The number of hydrogen-bond donors (Lipinski definition) is 1. The van der Waals surface area contributed by atoms with E-state index in [9.17, 15) is 18.4 Å². The lowest BCUT2D eigenvalue weighted by Crippen LogP contribution is -2.36. The first-order valence-electron chi connectivity index (χ1n) is 8.89. The number of nitrogens with zero attached hydrogens (tertiary/aromatic N) is 2. The van der Waals surface area contributed by atoms with Crippen molar-refractivity contribution in [3.8, 4) is 5.69 Å². The first-order chi connectivity index (χ1) is 14.3. The van der Waals surface area contributed by atoms with E-state index in [-0.39, 0.29) is 33.9 Å². The summed E-state index contributed by atoms with van der Waals surface area (Å²) in [7, 11) is 1.53. The fourth-order valence-corrected chi connectivity index (χ4v) is 3.84. The van der Waals surface area contributed by atoms with Crippen LogP contribution in [0.1, 0.15) is 6.92 Å². The lowest BCUT2D eigenvalue weighted by atomic mass is 10.2. The topological polar surface area (TPSA) is 73.2 Å². The monoisotopic (exact) mass is 453 g/mol. The summed E-state index contributed by atoms with van der Waals surface area (Å²) in [4.78, 5) is 29.7. The Morgan fingerprint density at radius 1 is 1.30 bits per heavy atom. The quantitative estimate of drug-likeness (QED) is 0.437. The summed E-state index contributed by atoms with van der Waals surface area (Å²) in [5.41, 5.74) is -0.408. The van der Waals surface area contributed by atoms with Crippen LogP contribution in [0, 0.1) is 11.6 Å². The maximum Gasteiger partial charge on any atom is 0.266 e. The van der Waals surface area contributed by atoms with E-state index in [1.54, 1.807) is 19.1 Å². The molecule has 0 fully saturated rings. The van der Waals surface area contributed by atoms with E-state index in [0.29, 0.717) is 23.2 Å². The van der Waals surface area contributed by atoms with Gasteiger partial charge in [-0.2, -0.15) is 0 Å². The zero-order valence-corrected chi connectivity index (χ0v) is 17.7. The highest BCUT2D eigenvalue weighted by atomic mass is 35.5. The highest BCUT2D eigenvalue weighted by molar-refractivity contribution is 7.99. The van der Waals surface area contributed by atoms with E-state index in [1.165, 1.54) is 13.2 Å². The van der Waals surface area contributed by atoms with Crippen molar-refractivity contribution in [2.75, 3.05) is 19.5 Å². The average molecular weight is 454 g/mol. The maximum absolute atomic E-state index is 14.5. The zero-order chi connectivity index (χ0) is 21.8. The number of aromatic nitrogens is 2. The van der Waals surface area contributed by atoms with Crippen LogP contribution in [0.25, 0.3) is 16.6 Å². The number of halogens is 3. The van der Waals surface area contributed by atoms with Crippen molar-refractivity contribution in [3.05, 3.63) is 63.4 Å². The van der Waals surface area contributed by atoms with E-state index < -0.39 is 17.2 Å². The van der Waals surface area contributed by atoms with Crippen molar-refractivity contribution < 1.29 is 18.3 Å². The second-order valence-electron chi connectivity index (χ2n) is 6.50. The Labute approximate surface area is 180 Å². The fraction of sp³-hybridized carbons (Fsp3) is 0.250. The lowest BCUT2D eigenvalue weighted by molar-refractivity contribution is -0.119. The lowest BCUT2D eigenvalue weighted by Gasteiger charge is -2.15. The van der Waals surface area contributed by atoms with Crippen LogP contribution in [-0.2, 0) is 9.53 Å². The minimum absolute atomic E-state index is 0.0671. The van der Waals surface area contributed by atoms with Crippen LogP contribution in [0.3, 0.4) is 0 Å². The molecule has 1 N–H and O–H groups in total. The predicted octanol–water partition coefficient (Wildman–Crippen LogP) is 3.56. The van der Waals surface area contributed by atoms with Crippen LogP contribution < -0.4 is 10.9 Å². The van der Waals surface area contributed by atoms with Crippen molar-refractivity contribution in [2.45, 2.75) is 18.1 Å². The van der Waals surface area contributed by atoms with Gasteiger partial charge in [-0.25, -0.2) is 13.8 Å². The minimum atomic E-state index is -0.930. The van der Waals surface area contributed by atoms with Crippen LogP contribution >= 0.6 is 23.4 Å². The predicted molar refractivity (Wildman–Crippen MR) is 112 cm³/mol. The summed E-state index contributed by atoms with van der Waals surface area (Å²) in [5, 5.41) is 3.33. The zero-order valence-electron chi connectivity index (χ0n) is 16.1. The molecule has 3 aromatic rings. The summed E-state index contributed by atoms with van der Waals surface area (Å²) < 4.78 is 33.9. The van der Waals surface area contributed by atoms with Gasteiger partial charge < -0.3 is 10.1 Å². The number of methoxy groups -OCH3 is 1. The van der Waals surface area contributed by atoms with Gasteiger partial charge in [0.05, 0.1) is 29.0 Å². The average Bonchev–Trinajstić information content (AvgIpc) is 2.68. The maximum atomic E-state index is 14.5. The Kier molecular flexibility index (Phi) is 7.06. The van der Waals surface area contributed by atoms with E-state index in [2.05, 4.69) is 10.3 Å². The van der Waals surface area contributed by atoms with E-state index in [0.717, 1.165) is 28.5 Å². The number of rotatable bonds is 7. The molecule has 6 nitrogen and oxygen atoms in total. The molecule has 2 aromatic carbocycles. The molecule has 0 spiro atoms. The molecule has 1 amide bonds. The largest absolute Gasteiger partial charge is 0.383 e. The number of benzene rings is 2. The molecule has 0 saturated carbocycles. The van der Waals surface area contributed by atoms with E-state index >= 15 is 0 Å². The van der Waals surface area contributed by atoms with E-state index in [4.69, 9.17) is 16.3 Å². The molecule has 30 heavy (non-hydrogen) atoms. The highest BCUT2D eigenvalue weighted by Gasteiger charge is 2.18. The van der Waals surface area contributed by atoms with Crippen molar-refractivity contribution in [1.82, 2.24) is 14.9 Å². The van der Waals surface area contributed by atoms with Gasteiger partial charge in [-0.3, -0.25) is 14.2 Å². The van der Waals surface area contributed by atoms with Gasteiger partial charge in [-0.05, 0) is 37.3 Å². The van der Waals surface area contributed by atoms with Crippen LogP contribution in [-0.4, -0.2) is 41.0 Å². The molecule has 10 heteroatoms. The number of carbonyl (C=O) groups is 1. The molecule has 1 unspecified atom stereocenters. The fourth-order valence-electron chi connectivity index (χ4n) is 2.85. The van der Waals surface area contributed by atoms with Crippen molar-refractivity contribution >= 4 is 40.2 Å². The number of thioether (sulfide) groups is 1. The molecule has 0 saturated heterocycles. The number of ether oxygens (including phenoxy) is 1. The molecule has 0 aliphatic rings. The SMILES string of the molecule is COCC(C)NC(=O)CSc1nc2ccc(Cl)cc2c(=O)n1-c1ccc(F)cc1F. The van der Waals surface area contributed by atoms with Crippen molar-refractivity contribution in [3.63, 3.8) is 0 Å². The number of amides is 1. The summed E-state index contributed by atoms with van der Waals surface area (Å²) in [6.07, 6.45) is 0. The number of fused-ring (bicyclic) bond motifs is 1. The van der Waals surface area contributed by atoms with Crippen molar-refractivity contribution in [2.24, 2.45) is 0 Å². The molecule has 158 valence electrons. The van der Waals surface area contributed by atoms with Crippen molar-refractivity contribution in [1.29, 1.82) is 0 Å². The van der Waals surface area contributed by atoms with Crippen LogP contribution in [0.4, 0.5) is 8.78 Å². The van der Waals surface area contributed by atoms with Gasteiger partial charge in [0, 0.05) is 24.2 Å². The number of nitrogens with one attached hydrogen (secondary N) is 1. The van der Waals surface area contributed by atoms with Gasteiger partial charge in [0.25, 0.3) is 5.56 Å². The molecule has 0 radical (unpaired) electrons. The third-order valence-corrected chi connectivity index (χ3v) is 5.28. The van der Waals surface area contributed by atoms with Crippen LogP contribution in [0.2, 0.25) is 5.02 Å². The Morgan fingerprint density at radius 2 is 2.07 bits per heavy atom. The molecular weight excluding hydrogens is 436 g/mol. The molecule has 0 aliphatic heterocycles. The molecule has 1 aromatic heterocycles. The van der Waals surface area contributed by atoms with Gasteiger partial charge in [0.2, 0.25) is 5.91 Å². The Hall–Kier alpha value is -2.49. The first-order valence-corrected chi connectivity index (χ1v) is 10.3. The second-order valence-corrected chi connectivity index (χ2v) is 7.88. The minimum Gasteiger partial charge on any atom is -0.383 e. The van der Waals surface area contributed by atoms with Gasteiger partial charge in [-0.15, -0.1) is 0 Å². The van der Waals surface area contributed by atoms with Crippen LogP contribution in [0.15, 0.2) is 46.3 Å². The highest BCUT2D eigenvalue weighted by Crippen LogP contribution is 2.24. The number of carbonyl (C=O) groups excluding carboxylic acids is 1. The Balaban J connectivity index is 2.05. The summed E-state index contributed by atoms with van der Waals surface area (Å²) in [6, 6.07) is 7.23. The molecule has 0 bridgehead atoms. The molecule has 3 rings (SSSR count). The van der Waals surface area contributed by atoms with Crippen LogP contribution in [0.5, 0.6) is 0 Å². The number of hydrogen-bond acceptors (Lipinski definition) is 5. The van der Waals surface area contributed by atoms with Gasteiger partial charge >= 0.3 is 0 Å². The summed E-state index contributed by atoms with van der Waals surface area (Å²) in [6.45, 7) is 2.13. The smallest absolute Gasteiger partial charge is 0.266 e. The standard InChI is InChI=1S/C20H18ClF2N3O3S/c1-11(9-29-2)24-18(27)10-30-20-25-16-5-3-12(21)7-14(16)19(28)26(20)17-6-4-13(22)8-15(17)23/h3-8,11H,9-10H2,1-2H3,(H,24,27). The van der Waals surface area contributed by atoms with Gasteiger partial charge in [-0.1, -0.05) is 23.4 Å². The first kappa shape index (κ1) is 22.2. The van der Waals surface area contributed by atoms with E-state index in [1.807, 2.05) is 0 Å². The molecule has 0 aliphatic carbocycles. The third kappa shape index (κ3) is 4.97. The molecule has 1 atom stereocenters. The molecular formula is C20H18ClF2N3O3S. The summed E-state index contributed by atoms with van der Waals surface area (Å²) >= 11 is 6.95.